The second-order valence-electron chi connectivity index (χ2n) is 18.8. The molecule has 0 aromatic heterocycles. The van der Waals surface area contributed by atoms with Gasteiger partial charge in [-0.3, -0.25) is 14.4 Å². The molecular formula is C65H106O6. The molecule has 402 valence electrons. The third-order valence-electron chi connectivity index (χ3n) is 11.9. The first kappa shape index (κ1) is 66.8. The van der Waals surface area contributed by atoms with Gasteiger partial charge >= 0.3 is 17.9 Å². The smallest absolute Gasteiger partial charge is 0.306 e. The highest BCUT2D eigenvalue weighted by molar-refractivity contribution is 5.71. The quantitative estimate of drug-likeness (QED) is 0.0261. The third kappa shape index (κ3) is 56.6. The van der Waals surface area contributed by atoms with Crippen LogP contribution < -0.4 is 0 Å². The van der Waals surface area contributed by atoms with Crippen molar-refractivity contribution in [2.75, 3.05) is 13.2 Å². The van der Waals surface area contributed by atoms with Gasteiger partial charge < -0.3 is 14.2 Å². The SMILES string of the molecule is CC/C=C\C/C=C\C/C=C\C/C=C\C/C=C\CCCCCCCC(=O)OCC(COC(=O)CC/C=C\C/C=C\C/C=C\C/C=C\CC)OC(=O)CCCCCCCCCCC/C=C\CCCCCCCC. The van der Waals surface area contributed by atoms with E-state index in [1.54, 1.807) is 0 Å². The Balaban J connectivity index is 4.47. The lowest BCUT2D eigenvalue weighted by Crippen LogP contribution is -2.30. The molecule has 0 rings (SSSR count). The van der Waals surface area contributed by atoms with E-state index in [1.807, 2.05) is 12.2 Å². The molecule has 6 nitrogen and oxygen atoms in total. The topological polar surface area (TPSA) is 78.9 Å². The zero-order chi connectivity index (χ0) is 51.4. The summed E-state index contributed by atoms with van der Waals surface area (Å²) in [7, 11) is 0. The van der Waals surface area contributed by atoms with Crippen molar-refractivity contribution in [3.63, 3.8) is 0 Å². The van der Waals surface area contributed by atoms with Gasteiger partial charge in [-0.05, 0) is 116 Å². The summed E-state index contributed by atoms with van der Waals surface area (Å²) < 4.78 is 16.8. The van der Waals surface area contributed by atoms with Crippen LogP contribution in [0.1, 0.15) is 252 Å². The Kier molecular flexibility index (Phi) is 54.9. The summed E-state index contributed by atoms with van der Waals surface area (Å²) in [6.45, 7) is 6.32. The van der Waals surface area contributed by atoms with E-state index < -0.39 is 6.10 Å². The molecule has 71 heavy (non-hydrogen) atoms. The Morgan fingerprint density at radius 1 is 0.296 bits per heavy atom. The van der Waals surface area contributed by atoms with Crippen molar-refractivity contribution in [3.05, 3.63) is 122 Å². The number of allylic oxidation sites excluding steroid dienone is 20. The second-order valence-corrected chi connectivity index (χ2v) is 18.8. The average Bonchev–Trinajstić information content (AvgIpc) is 3.37. The number of unbranched alkanes of at least 4 members (excludes halogenated alkanes) is 20. The molecule has 0 spiro atoms. The van der Waals surface area contributed by atoms with Crippen LogP contribution in [-0.4, -0.2) is 37.2 Å². The Morgan fingerprint density at radius 3 is 0.958 bits per heavy atom. The first-order chi connectivity index (χ1) is 35.0. The van der Waals surface area contributed by atoms with E-state index in [1.165, 1.54) is 89.9 Å². The molecule has 1 atom stereocenters. The zero-order valence-corrected chi connectivity index (χ0v) is 45.9. The molecule has 0 bridgehead atoms. The first-order valence-electron chi connectivity index (χ1n) is 29.0. The highest BCUT2D eigenvalue weighted by atomic mass is 16.6. The molecule has 1 unspecified atom stereocenters. The highest BCUT2D eigenvalue weighted by Gasteiger charge is 2.19. The van der Waals surface area contributed by atoms with Crippen molar-refractivity contribution in [3.8, 4) is 0 Å². The average molecular weight is 984 g/mol. The molecular weight excluding hydrogens is 877 g/mol. The minimum atomic E-state index is -0.820. The summed E-state index contributed by atoms with van der Waals surface area (Å²) in [4.78, 5) is 38.1. The molecule has 0 aliphatic heterocycles. The molecule has 0 aromatic rings. The normalized spacial score (nSPS) is 13.0. The summed E-state index contributed by atoms with van der Waals surface area (Å²) in [5.41, 5.74) is 0. The van der Waals surface area contributed by atoms with Crippen molar-refractivity contribution in [2.45, 2.75) is 258 Å². The summed E-state index contributed by atoms with van der Waals surface area (Å²) in [5, 5.41) is 0. The molecule has 0 amide bonds. The van der Waals surface area contributed by atoms with E-state index in [2.05, 4.69) is 130 Å². The zero-order valence-electron chi connectivity index (χ0n) is 45.9. The van der Waals surface area contributed by atoms with Gasteiger partial charge in [0.1, 0.15) is 13.2 Å². The Bertz CT molecular complexity index is 1500. The van der Waals surface area contributed by atoms with Crippen LogP contribution >= 0.6 is 0 Å². The van der Waals surface area contributed by atoms with Crippen LogP contribution in [0, 0.1) is 0 Å². The lowest BCUT2D eigenvalue weighted by atomic mass is 10.1. The maximum Gasteiger partial charge on any atom is 0.306 e. The molecule has 0 heterocycles. The van der Waals surface area contributed by atoms with E-state index in [9.17, 15) is 14.4 Å². The van der Waals surface area contributed by atoms with Gasteiger partial charge in [-0.1, -0.05) is 239 Å². The molecule has 0 saturated heterocycles. The van der Waals surface area contributed by atoms with E-state index in [-0.39, 0.29) is 37.5 Å². The predicted octanol–water partition coefficient (Wildman–Crippen LogP) is 19.6. The maximum atomic E-state index is 12.9. The van der Waals surface area contributed by atoms with Gasteiger partial charge in [0, 0.05) is 19.3 Å². The molecule has 0 N–H and O–H groups in total. The van der Waals surface area contributed by atoms with Crippen molar-refractivity contribution in [2.24, 2.45) is 0 Å². The molecule has 0 aliphatic carbocycles. The fraction of sp³-hybridized carbons (Fsp3) is 0.646. The minimum Gasteiger partial charge on any atom is -0.462 e. The Hall–Kier alpha value is -4.19. The highest BCUT2D eigenvalue weighted by Crippen LogP contribution is 2.14. The van der Waals surface area contributed by atoms with Crippen molar-refractivity contribution in [1.82, 2.24) is 0 Å². The number of carbonyl (C=O) groups excluding carboxylic acids is 3. The summed E-state index contributed by atoms with van der Waals surface area (Å²) >= 11 is 0. The fourth-order valence-corrected chi connectivity index (χ4v) is 7.65. The molecule has 0 aromatic carbocycles. The Labute approximate surface area is 437 Å². The third-order valence-corrected chi connectivity index (χ3v) is 11.9. The number of ether oxygens (including phenoxy) is 3. The monoisotopic (exact) mass is 983 g/mol. The van der Waals surface area contributed by atoms with Crippen molar-refractivity contribution >= 4 is 17.9 Å². The van der Waals surface area contributed by atoms with Gasteiger partial charge in [-0.25, -0.2) is 0 Å². The van der Waals surface area contributed by atoms with E-state index in [0.29, 0.717) is 19.3 Å². The van der Waals surface area contributed by atoms with Crippen LogP contribution in [0.25, 0.3) is 0 Å². The van der Waals surface area contributed by atoms with E-state index in [0.717, 1.165) is 116 Å². The van der Waals surface area contributed by atoms with Crippen LogP contribution in [-0.2, 0) is 28.6 Å². The maximum absolute atomic E-state index is 12.9. The number of hydrogen-bond acceptors (Lipinski definition) is 6. The van der Waals surface area contributed by atoms with Gasteiger partial charge in [0.2, 0.25) is 0 Å². The molecule has 0 fully saturated rings. The number of esters is 3. The fourth-order valence-electron chi connectivity index (χ4n) is 7.65. The lowest BCUT2D eigenvalue weighted by molar-refractivity contribution is -0.166. The van der Waals surface area contributed by atoms with E-state index >= 15 is 0 Å². The first-order valence-corrected chi connectivity index (χ1v) is 29.0. The molecule has 0 aliphatic rings. The summed E-state index contributed by atoms with van der Waals surface area (Å²) in [5.74, 6) is -1.02. The van der Waals surface area contributed by atoms with Crippen molar-refractivity contribution in [1.29, 1.82) is 0 Å². The van der Waals surface area contributed by atoms with Gasteiger partial charge in [0.05, 0.1) is 0 Å². The second kappa shape index (κ2) is 58.4. The van der Waals surface area contributed by atoms with Gasteiger partial charge in [0.25, 0.3) is 0 Å². The van der Waals surface area contributed by atoms with E-state index in [4.69, 9.17) is 14.2 Å². The standard InChI is InChI=1S/C65H106O6/c1-4-7-10-13-16-19-22-25-27-29-31-32-34-35-37-40-43-46-49-52-55-58-64(67)70-61-62(60-69-63(66)57-54-51-48-45-42-39-24-21-18-15-12-9-6-3)71-65(68)59-56-53-50-47-44-41-38-36-33-30-28-26-23-20-17-14-11-8-5-2/h7,9-10,12,16,18-19,21,25-28,31-32,35,37,39,42,48,51,62H,4-6,8,11,13-15,17,20,22-24,29-30,33-34,36,38,40-41,43-47,49-50,52-61H2,1-3H3/b10-7-,12-9-,19-16-,21-18-,27-25-,28-26-,32-31-,37-35-,42-39-,51-48-. The van der Waals surface area contributed by atoms with Gasteiger partial charge in [-0.2, -0.15) is 0 Å². The summed E-state index contributed by atoms with van der Waals surface area (Å²) in [6, 6.07) is 0. The minimum absolute atomic E-state index is 0.114. The number of rotatable bonds is 51. The van der Waals surface area contributed by atoms with Gasteiger partial charge in [0.15, 0.2) is 6.10 Å². The number of carbonyl (C=O) groups is 3. The molecule has 0 radical (unpaired) electrons. The van der Waals surface area contributed by atoms with Crippen LogP contribution in [0.5, 0.6) is 0 Å². The van der Waals surface area contributed by atoms with Crippen LogP contribution in [0.2, 0.25) is 0 Å². The summed E-state index contributed by atoms with van der Waals surface area (Å²) in [6.07, 6.45) is 80.6. The van der Waals surface area contributed by atoms with Crippen LogP contribution in [0.15, 0.2) is 122 Å². The van der Waals surface area contributed by atoms with Crippen LogP contribution in [0.4, 0.5) is 0 Å². The lowest BCUT2D eigenvalue weighted by Gasteiger charge is -2.18. The van der Waals surface area contributed by atoms with Crippen LogP contribution in [0.3, 0.4) is 0 Å². The molecule has 6 heteroatoms. The predicted molar refractivity (Wildman–Crippen MR) is 306 cm³/mol. The van der Waals surface area contributed by atoms with Crippen molar-refractivity contribution < 1.29 is 28.6 Å². The Morgan fingerprint density at radius 2 is 0.577 bits per heavy atom. The van der Waals surface area contributed by atoms with Gasteiger partial charge in [-0.15, -0.1) is 0 Å². The number of hydrogen-bond donors (Lipinski definition) is 0. The largest absolute Gasteiger partial charge is 0.462 e. The molecule has 0 saturated carbocycles.